The van der Waals surface area contributed by atoms with Gasteiger partial charge in [-0.2, -0.15) is 0 Å². The molecule has 0 radical (unpaired) electrons. The Hall–Kier alpha value is -2.82. The van der Waals surface area contributed by atoms with Crippen molar-refractivity contribution in [3.05, 3.63) is 65.7 Å². The maximum absolute atomic E-state index is 12.2. The lowest BCUT2D eigenvalue weighted by molar-refractivity contribution is -0.124. The maximum Gasteiger partial charge on any atom is 0.337 e. The summed E-state index contributed by atoms with van der Waals surface area (Å²) in [4.78, 5) is 23.6. The van der Waals surface area contributed by atoms with Gasteiger partial charge >= 0.3 is 5.97 Å². The number of nitrogens with one attached hydrogen (secondary N) is 1. The summed E-state index contributed by atoms with van der Waals surface area (Å²) in [5, 5.41) is 3.00. The summed E-state index contributed by atoms with van der Waals surface area (Å²) in [6.07, 6.45) is 0. The number of carbonyl (C=O) groups is 2. The molecule has 1 unspecified atom stereocenters. The van der Waals surface area contributed by atoms with Crippen molar-refractivity contribution < 1.29 is 19.1 Å². The van der Waals surface area contributed by atoms with Crippen LogP contribution in [0.3, 0.4) is 0 Å². The van der Waals surface area contributed by atoms with Crippen molar-refractivity contribution >= 4 is 11.9 Å². The van der Waals surface area contributed by atoms with Crippen LogP contribution < -0.4 is 10.1 Å². The summed E-state index contributed by atoms with van der Waals surface area (Å²) in [6.45, 7) is 4.03. The fourth-order valence-electron chi connectivity index (χ4n) is 2.46. The quantitative estimate of drug-likeness (QED) is 0.784. The zero-order valence-electron chi connectivity index (χ0n) is 14.7. The van der Waals surface area contributed by atoms with Crippen LogP contribution in [0.1, 0.15) is 35.8 Å². The highest BCUT2D eigenvalue weighted by molar-refractivity contribution is 5.89. The molecule has 1 amide bonds. The Kier molecular flexibility index (Phi) is 6.57. The number of methoxy groups -OCH3 is 1. The van der Waals surface area contributed by atoms with Crippen molar-refractivity contribution in [2.75, 3.05) is 13.7 Å². The Labute approximate surface area is 148 Å². The van der Waals surface area contributed by atoms with E-state index in [0.29, 0.717) is 11.3 Å². The van der Waals surface area contributed by atoms with Gasteiger partial charge in [-0.3, -0.25) is 4.79 Å². The van der Waals surface area contributed by atoms with Crippen LogP contribution in [-0.2, 0) is 9.53 Å². The molecule has 1 atom stereocenters. The first-order valence-electron chi connectivity index (χ1n) is 8.16. The molecule has 0 saturated carbocycles. The van der Waals surface area contributed by atoms with E-state index < -0.39 is 5.97 Å². The van der Waals surface area contributed by atoms with E-state index in [-0.39, 0.29) is 24.5 Å². The molecule has 0 saturated heterocycles. The van der Waals surface area contributed by atoms with Crippen LogP contribution in [0, 0.1) is 5.92 Å². The Balaban J connectivity index is 1.92. The van der Waals surface area contributed by atoms with E-state index in [1.807, 2.05) is 30.3 Å². The summed E-state index contributed by atoms with van der Waals surface area (Å²) < 4.78 is 10.1. The van der Waals surface area contributed by atoms with Crippen molar-refractivity contribution in [3.63, 3.8) is 0 Å². The first-order chi connectivity index (χ1) is 12.0. The second-order valence-electron chi connectivity index (χ2n) is 6.00. The zero-order chi connectivity index (χ0) is 18.2. The summed E-state index contributed by atoms with van der Waals surface area (Å²) >= 11 is 0. The van der Waals surface area contributed by atoms with E-state index in [4.69, 9.17) is 4.74 Å². The van der Waals surface area contributed by atoms with Gasteiger partial charge in [0.25, 0.3) is 5.91 Å². The van der Waals surface area contributed by atoms with Crippen LogP contribution in [0.2, 0.25) is 0 Å². The van der Waals surface area contributed by atoms with Gasteiger partial charge in [-0.1, -0.05) is 44.2 Å². The lowest BCUT2D eigenvalue weighted by atomic mass is 9.96. The zero-order valence-corrected chi connectivity index (χ0v) is 14.7. The fourth-order valence-corrected chi connectivity index (χ4v) is 2.46. The third-order valence-corrected chi connectivity index (χ3v) is 3.79. The van der Waals surface area contributed by atoms with Crippen LogP contribution in [0.25, 0.3) is 0 Å². The van der Waals surface area contributed by atoms with Gasteiger partial charge in [0.05, 0.1) is 18.7 Å². The molecule has 0 heterocycles. The third kappa shape index (κ3) is 5.35. The van der Waals surface area contributed by atoms with Gasteiger partial charge in [-0.25, -0.2) is 4.79 Å². The van der Waals surface area contributed by atoms with Crippen LogP contribution >= 0.6 is 0 Å². The number of benzene rings is 2. The van der Waals surface area contributed by atoms with Gasteiger partial charge in [0.2, 0.25) is 0 Å². The van der Waals surface area contributed by atoms with Gasteiger partial charge in [0, 0.05) is 0 Å². The van der Waals surface area contributed by atoms with Crippen molar-refractivity contribution in [2.24, 2.45) is 5.92 Å². The van der Waals surface area contributed by atoms with Gasteiger partial charge < -0.3 is 14.8 Å². The van der Waals surface area contributed by atoms with E-state index in [2.05, 4.69) is 23.9 Å². The van der Waals surface area contributed by atoms with E-state index in [1.54, 1.807) is 24.3 Å². The Bertz CT molecular complexity index is 695. The Morgan fingerprint density at radius 3 is 2.20 bits per heavy atom. The van der Waals surface area contributed by atoms with E-state index in [0.717, 1.165) is 5.56 Å². The molecule has 0 aliphatic heterocycles. The molecule has 0 aliphatic rings. The minimum Gasteiger partial charge on any atom is -0.484 e. The lowest BCUT2D eigenvalue weighted by Gasteiger charge is -2.23. The highest BCUT2D eigenvalue weighted by Gasteiger charge is 2.18. The van der Waals surface area contributed by atoms with Crippen LogP contribution in [0.15, 0.2) is 54.6 Å². The number of rotatable bonds is 7. The van der Waals surface area contributed by atoms with Crippen molar-refractivity contribution in [1.29, 1.82) is 0 Å². The number of esters is 1. The van der Waals surface area contributed by atoms with Gasteiger partial charge in [-0.05, 0) is 35.7 Å². The Morgan fingerprint density at radius 1 is 1.00 bits per heavy atom. The predicted molar refractivity (Wildman–Crippen MR) is 95.4 cm³/mol. The van der Waals surface area contributed by atoms with Gasteiger partial charge in [0.1, 0.15) is 5.75 Å². The minimum absolute atomic E-state index is 0.0704. The SMILES string of the molecule is COC(=O)c1ccc(OCC(=O)NC(c2ccccc2)C(C)C)cc1. The lowest BCUT2D eigenvalue weighted by Crippen LogP contribution is -2.35. The molecule has 0 fully saturated rings. The molecule has 5 nitrogen and oxygen atoms in total. The molecule has 132 valence electrons. The number of hydrogen-bond donors (Lipinski definition) is 1. The molecule has 5 heteroatoms. The van der Waals surface area contributed by atoms with E-state index in [9.17, 15) is 9.59 Å². The molecule has 2 rings (SSSR count). The minimum atomic E-state index is -0.410. The summed E-state index contributed by atoms with van der Waals surface area (Å²) in [6, 6.07) is 16.2. The second kappa shape index (κ2) is 8.87. The van der Waals surface area contributed by atoms with Crippen molar-refractivity contribution in [2.45, 2.75) is 19.9 Å². The fraction of sp³-hybridized carbons (Fsp3) is 0.300. The van der Waals surface area contributed by atoms with E-state index in [1.165, 1.54) is 7.11 Å². The van der Waals surface area contributed by atoms with Crippen molar-refractivity contribution in [3.8, 4) is 5.75 Å². The molecule has 1 N–H and O–H groups in total. The molecule has 0 bridgehead atoms. The maximum atomic E-state index is 12.2. The van der Waals surface area contributed by atoms with E-state index >= 15 is 0 Å². The summed E-state index contributed by atoms with van der Waals surface area (Å²) in [5.41, 5.74) is 1.50. The highest BCUT2D eigenvalue weighted by atomic mass is 16.5. The highest BCUT2D eigenvalue weighted by Crippen LogP contribution is 2.21. The average molecular weight is 341 g/mol. The number of carbonyl (C=O) groups excluding carboxylic acids is 2. The molecular weight excluding hydrogens is 318 g/mol. The molecule has 2 aromatic rings. The first-order valence-corrected chi connectivity index (χ1v) is 8.16. The topological polar surface area (TPSA) is 64.6 Å². The van der Waals surface area contributed by atoms with Gasteiger partial charge in [0.15, 0.2) is 6.61 Å². The number of ether oxygens (including phenoxy) is 2. The monoisotopic (exact) mass is 341 g/mol. The molecule has 2 aromatic carbocycles. The second-order valence-corrected chi connectivity index (χ2v) is 6.00. The normalized spacial score (nSPS) is 11.7. The molecule has 0 aromatic heterocycles. The Morgan fingerprint density at radius 2 is 1.64 bits per heavy atom. The van der Waals surface area contributed by atoms with Gasteiger partial charge in [-0.15, -0.1) is 0 Å². The number of hydrogen-bond acceptors (Lipinski definition) is 4. The molecule has 0 aliphatic carbocycles. The van der Waals surface area contributed by atoms with Crippen molar-refractivity contribution in [1.82, 2.24) is 5.32 Å². The van der Waals surface area contributed by atoms with Crippen LogP contribution in [0.5, 0.6) is 5.75 Å². The molecule has 25 heavy (non-hydrogen) atoms. The largest absolute Gasteiger partial charge is 0.484 e. The predicted octanol–water partition coefficient (Wildman–Crippen LogP) is 3.37. The standard InChI is InChI=1S/C20H23NO4/c1-14(2)19(15-7-5-4-6-8-15)21-18(22)13-25-17-11-9-16(10-12-17)20(23)24-3/h4-12,14,19H,13H2,1-3H3,(H,21,22). The smallest absolute Gasteiger partial charge is 0.337 e. The first kappa shape index (κ1) is 18.5. The average Bonchev–Trinajstić information content (AvgIpc) is 2.64. The molecular formula is C20H23NO4. The third-order valence-electron chi connectivity index (χ3n) is 3.79. The van der Waals surface area contributed by atoms with Crippen LogP contribution in [0.4, 0.5) is 0 Å². The number of amides is 1. The van der Waals surface area contributed by atoms with Crippen LogP contribution in [-0.4, -0.2) is 25.6 Å². The summed E-state index contributed by atoms with van der Waals surface area (Å²) in [7, 11) is 1.33. The molecule has 0 spiro atoms. The summed E-state index contributed by atoms with van der Waals surface area (Å²) in [5.74, 6) is 0.167.